The summed E-state index contributed by atoms with van der Waals surface area (Å²) in [6.07, 6.45) is 0.106. The van der Waals surface area contributed by atoms with Crippen molar-refractivity contribution in [2.45, 2.75) is 33.4 Å². The van der Waals surface area contributed by atoms with Crippen molar-refractivity contribution in [2.75, 3.05) is 12.3 Å². The van der Waals surface area contributed by atoms with Crippen LogP contribution in [0.1, 0.15) is 19.5 Å². The van der Waals surface area contributed by atoms with Gasteiger partial charge in [0.2, 0.25) is 5.95 Å². The van der Waals surface area contributed by atoms with E-state index in [1.54, 1.807) is 0 Å². The molecule has 2 aromatic rings. The summed E-state index contributed by atoms with van der Waals surface area (Å²) in [7, 11) is 1.90. The molecule has 0 aliphatic carbocycles. The van der Waals surface area contributed by atoms with Crippen molar-refractivity contribution >= 4 is 17.1 Å². The van der Waals surface area contributed by atoms with Crippen LogP contribution in [0.15, 0.2) is 0 Å². The van der Waals surface area contributed by atoms with Gasteiger partial charge in [0.25, 0.3) is 0 Å². The average Bonchev–Trinajstić information content (AvgIpc) is 2.69. The summed E-state index contributed by atoms with van der Waals surface area (Å²) in [4.78, 5) is 4.35. The van der Waals surface area contributed by atoms with Crippen LogP contribution in [0.5, 0.6) is 0 Å². The Labute approximate surface area is 100 Å². The van der Waals surface area contributed by atoms with Crippen LogP contribution in [-0.2, 0) is 18.3 Å². The Morgan fingerprint density at radius 2 is 2.18 bits per heavy atom. The molecule has 0 aromatic carbocycles. The number of nitrogens with two attached hydrogens (primary N) is 1. The minimum Gasteiger partial charge on any atom is -0.377 e. The minimum atomic E-state index is 0.106. The molecule has 2 aromatic heterocycles. The highest BCUT2D eigenvalue weighted by Crippen LogP contribution is 2.20. The van der Waals surface area contributed by atoms with Crippen LogP contribution < -0.4 is 5.73 Å². The van der Waals surface area contributed by atoms with E-state index in [1.165, 1.54) is 0 Å². The third-order valence-electron chi connectivity index (χ3n) is 2.81. The fourth-order valence-corrected chi connectivity index (χ4v) is 2.13. The third kappa shape index (κ3) is 2.00. The van der Waals surface area contributed by atoms with Crippen molar-refractivity contribution in [1.29, 1.82) is 0 Å². The number of anilines is 1. The molecule has 0 fully saturated rings. The van der Waals surface area contributed by atoms with Crippen LogP contribution in [0.4, 0.5) is 5.95 Å². The van der Waals surface area contributed by atoms with Gasteiger partial charge in [-0.3, -0.25) is 9.25 Å². The molecule has 0 amide bonds. The maximum Gasteiger partial charge on any atom is 0.202 e. The van der Waals surface area contributed by atoms with Gasteiger partial charge in [0.1, 0.15) is 5.52 Å². The molecule has 0 aliphatic rings. The number of aromatic nitrogens is 4. The monoisotopic (exact) mass is 237 g/mol. The molecule has 0 aliphatic heterocycles. The molecule has 1 atom stereocenters. The lowest BCUT2D eigenvalue weighted by Crippen LogP contribution is -2.18. The fraction of sp³-hybridized carbons (Fsp3) is 0.636. The van der Waals surface area contributed by atoms with Gasteiger partial charge < -0.3 is 10.5 Å². The predicted molar refractivity (Wildman–Crippen MR) is 66.7 cm³/mol. The summed E-state index contributed by atoms with van der Waals surface area (Å²) in [5.41, 5.74) is 8.65. The summed E-state index contributed by atoms with van der Waals surface area (Å²) in [6.45, 7) is 7.33. The first-order chi connectivity index (χ1) is 8.04. The van der Waals surface area contributed by atoms with Crippen LogP contribution in [0, 0.1) is 6.92 Å². The normalized spacial score (nSPS) is 13.4. The lowest BCUT2D eigenvalue weighted by Gasteiger charge is -2.13. The molecule has 1 unspecified atom stereocenters. The van der Waals surface area contributed by atoms with Gasteiger partial charge in [-0.25, -0.2) is 4.98 Å². The number of hydrogen-bond donors (Lipinski definition) is 1. The first-order valence-electron chi connectivity index (χ1n) is 5.81. The second-order valence-corrected chi connectivity index (χ2v) is 4.23. The topological polar surface area (TPSA) is 70.9 Å². The highest BCUT2D eigenvalue weighted by atomic mass is 16.5. The van der Waals surface area contributed by atoms with E-state index in [9.17, 15) is 0 Å². The lowest BCUT2D eigenvalue weighted by atomic mass is 10.4. The SMILES string of the molecule is CCOC(C)Cn1c(N)nc2c(C)nn(C)c21. The molecule has 0 radical (unpaired) electrons. The van der Waals surface area contributed by atoms with Crippen molar-refractivity contribution < 1.29 is 4.74 Å². The van der Waals surface area contributed by atoms with Crippen LogP contribution in [0.2, 0.25) is 0 Å². The van der Waals surface area contributed by atoms with Gasteiger partial charge in [-0.15, -0.1) is 0 Å². The number of hydrogen-bond acceptors (Lipinski definition) is 4. The van der Waals surface area contributed by atoms with Gasteiger partial charge in [0.05, 0.1) is 18.3 Å². The summed E-state index contributed by atoms with van der Waals surface area (Å²) in [5, 5.41) is 4.34. The van der Waals surface area contributed by atoms with Crippen molar-refractivity contribution in [2.24, 2.45) is 7.05 Å². The van der Waals surface area contributed by atoms with Gasteiger partial charge in [0, 0.05) is 13.7 Å². The summed E-state index contributed by atoms with van der Waals surface area (Å²) in [6, 6.07) is 0. The quantitative estimate of drug-likeness (QED) is 0.864. The molecule has 94 valence electrons. The van der Waals surface area contributed by atoms with Crippen molar-refractivity contribution in [3.8, 4) is 0 Å². The van der Waals surface area contributed by atoms with E-state index in [4.69, 9.17) is 10.5 Å². The van der Waals surface area contributed by atoms with Crippen LogP contribution in [0.25, 0.3) is 11.2 Å². The maximum absolute atomic E-state index is 5.94. The zero-order valence-electron chi connectivity index (χ0n) is 10.8. The third-order valence-corrected chi connectivity index (χ3v) is 2.81. The number of nitrogen functional groups attached to an aromatic ring is 1. The molecular formula is C11H19N5O. The molecule has 0 spiro atoms. The van der Waals surface area contributed by atoms with Crippen LogP contribution in [0.3, 0.4) is 0 Å². The number of nitrogens with zero attached hydrogens (tertiary/aromatic N) is 4. The standard InChI is InChI=1S/C11H19N5O/c1-5-17-7(2)6-16-10-9(13-11(16)12)8(3)14-15(10)4/h7H,5-6H2,1-4H3,(H2,12,13). The van der Waals surface area contributed by atoms with E-state index in [0.29, 0.717) is 19.1 Å². The van der Waals surface area contributed by atoms with Gasteiger partial charge >= 0.3 is 0 Å². The largest absolute Gasteiger partial charge is 0.377 e. The Morgan fingerprint density at radius 3 is 2.82 bits per heavy atom. The second kappa shape index (κ2) is 4.37. The number of fused-ring (bicyclic) bond motifs is 1. The zero-order chi connectivity index (χ0) is 12.6. The highest BCUT2D eigenvalue weighted by Gasteiger charge is 2.17. The Bertz CT molecular complexity index is 527. The summed E-state index contributed by atoms with van der Waals surface area (Å²) in [5.74, 6) is 0.516. The molecule has 6 heteroatoms. The van der Waals surface area contributed by atoms with Crippen molar-refractivity contribution in [1.82, 2.24) is 19.3 Å². The Morgan fingerprint density at radius 1 is 1.47 bits per heavy atom. The van der Waals surface area contributed by atoms with E-state index in [-0.39, 0.29) is 6.10 Å². The van der Waals surface area contributed by atoms with E-state index >= 15 is 0 Å². The zero-order valence-corrected chi connectivity index (χ0v) is 10.8. The Kier molecular flexibility index (Phi) is 3.06. The molecule has 0 saturated heterocycles. The first kappa shape index (κ1) is 11.9. The van der Waals surface area contributed by atoms with E-state index < -0.39 is 0 Å². The maximum atomic E-state index is 5.94. The first-order valence-corrected chi connectivity index (χ1v) is 5.81. The van der Waals surface area contributed by atoms with E-state index in [0.717, 1.165) is 16.9 Å². The lowest BCUT2D eigenvalue weighted by molar-refractivity contribution is 0.0650. The Hall–Kier alpha value is -1.56. The number of imidazole rings is 1. The highest BCUT2D eigenvalue weighted by molar-refractivity contribution is 5.77. The molecule has 0 bridgehead atoms. The molecule has 2 heterocycles. The van der Waals surface area contributed by atoms with Gasteiger partial charge in [0.15, 0.2) is 5.65 Å². The summed E-state index contributed by atoms with van der Waals surface area (Å²) < 4.78 is 9.30. The molecule has 2 rings (SSSR count). The van der Waals surface area contributed by atoms with E-state index in [2.05, 4.69) is 10.1 Å². The molecule has 17 heavy (non-hydrogen) atoms. The van der Waals surface area contributed by atoms with Crippen molar-refractivity contribution in [3.05, 3.63) is 5.69 Å². The number of rotatable bonds is 4. The molecule has 6 nitrogen and oxygen atoms in total. The van der Waals surface area contributed by atoms with Crippen LogP contribution in [-0.4, -0.2) is 32.0 Å². The van der Waals surface area contributed by atoms with Crippen LogP contribution >= 0.6 is 0 Å². The average molecular weight is 237 g/mol. The molecule has 2 N–H and O–H groups in total. The second-order valence-electron chi connectivity index (χ2n) is 4.23. The minimum absolute atomic E-state index is 0.106. The van der Waals surface area contributed by atoms with Gasteiger partial charge in [-0.05, 0) is 20.8 Å². The van der Waals surface area contributed by atoms with Gasteiger partial charge in [-0.2, -0.15) is 5.10 Å². The Balaban J connectivity index is 2.42. The molecular weight excluding hydrogens is 218 g/mol. The number of ether oxygens (including phenoxy) is 1. The smallest absolute Gasteiger partial charge is 0.202 e. The summed E-state index contributed by atoms with van der Waals surface area (Å²) >= 11 is 0. The number of aryl methyl sites for hydroxylation is 2. The fourth-order valence-electron chi connectivity index (χ4n) is 2.13. The van der Waals surface area contributed by atoms with Crippen molar-refractivity contribution in [3.63, 3.8) is 0 Å². The van der Waals surface area contributed by atoms with E-state index in [1.807, 2.05) is 37.1 Å². The predicted octanol–water partition coefficient (Wildman–Crippen LogP) is 1.09. The molecule has 0 saturated carbocycles. The van der Waals surface area contributed by atoms with Gasteiger partial charge in [-0.1, -0.05) is 0 Å².